The third-order valence-corrected chi connectivity index (χ3v) is 3.96. The van der Waals surface area contributed by atoms with E-state index in [1.807, 2.05) is 12.1 Å². The third-order valence-electron chi connectivity index (χ3n) is 3.52. The van der Waals surface area contributed by atoms with Crippen molar-refractivity contribution < 1.29 is 14.3 Å². The van der Waals surface area contributed by atoms with Gasteiger partial charge in [-0.15, -0.1) is 0 Å². The smallest absolute Gasteiger partial charge is 0.305 e. The molecule has 0 saturated heterocycles. The molecular formula is C15H17Cl2NO3. The van der Waals surface area contributed by atoms with Crippen molar-refractivity contribution in [2.24, 2.45) is 5.92 Å². The van der Waals surface area contributed by atoms with Crippen molar-refractivity contribution in [3.63, 3.8) is 0 Å². The maximum absolute atomic E-state index is 12.0. The molecule has 6 heteroatoms. The number of nitrogens with one attached hydrogen (secondary N) is 1. The molecule has 0 radical (unpaired) electrons. The van der Waals surface area contributed by atoms with E-state index in [0.29, 0.717) is 29.4 Å². The Kier molecular flexibility index (Phi) is 5.48. The molecule has 0 bridgehead atoms. The van der Waals surface area contributed by atoms with Crippen molar-refractivity contribution in [1.82, 2.24) is 5.32 Å². The van der Waals surface area contributed by atoms with Crippen LogP contribution in [0.2, 0.25) is 10.0 Å². The number of esters is 1. The van der Waals surface area contributed by atoms with Crippen LogP contribution in [0, 0.1) is 5.92 Å². The molecule has 1 aliphatic rings. The minimum Gasteiger partial charge on any atom is -0.469 e. The molecule has 1 amide bonds. The number of hydrogen-bond donors (Lipinski definition) is 1. The fraction of sp³-hybridized carbons (Fsp3) is 0.467. The van der Waals surface area contributed by atoms with E-state index in [4.69, 9.17) is 23.2 Å². The number of benzene rings is 1. The molecule has 2 atom stereocenters. The largest absolute Gasteiger partial charge is 0.469 e. The summed E-state index contributed by atoms with van der Waals surface area (Å²) >= 11 is 11.9. The van der Waals surface area contributed by atoms with E-state index in [1.165, 1.54) is 7.11 Å². The lowest BCUT2D eigenvalue weighted by Gasteiger charge is -2.05. The Bertz CT molecular complexity index is 527. The average molecular weight is 330 g/mol. The highest BCUT2D eigenvalue weighted by atomic mass is 35.5. The lowest BCUT2D eigenvalue weighted by atomic mass is 10.1. The highest BCUT2D eigenvalue weighted by Crippen LogP contribution is 2.48. The SMILES string of the molecule is COC(=O)CCCNC(=O)[C@H]1C[C@@H]1c1cc(Cl)cc(Cl)c1. The molecule has 114 valence electrons. The number of carbonyl (C=O) groups is 2. The number of ether oxygens (including phenoxy) is 1. The lowest BCUT2D eigenvalue weighted by Crippen LogP contribution is -2.26. The maximum Gasteiger partial charge on any atom is 0.305 e. The zero-order valence-corrected chi connectivity index (χ0v) is 13.2. The Morgan fingerprint density at radius 3 is 2.57 bits per heavy atom. The summed E-state index contributed by atoms with van der Waals surface area (Å²) in [5, 5.41) is 4.01. The Morgan fingerprint density at radius 1 is 1.29 bits per heavy atom. The Morgan fingerprint density at radius 2 is 1.95 bits per heavy atom. The Balaban J connectivity index is 1.77. The van der Waals surface area contributed by atoms with Crippen LogP contribution in [-0.2, 0) is 14.3 Å². The molecule has 0 unspecified atom stereocenters. The van der Waals surface area contributed by atoms with E-state index >= 15 is 0 Å². The monoisotopic (exact) mass is 329 g/mol. The summed E-state index contributed by atoms with van der Waals surface area (Å²) < 4.78 is 4.54. The second-order valence-corrected chi connectivity index (χ2v) is 6.00. The zero-order valence-electron chi connectivity index (χ0n) is 11.7. The second-order valence-electron chi connectivity index (χ2n) is 5.12. The fourth-order valence-corrected chi connectivity index (χ4v) is 2.86. The van der Waals surface area contributed by atoms with Crippen LogP contribution in [-0.4, -0.2) is 25.5 Å². The van der Waals surface area contributed by atoms with Crippen molar-refractivity contribution in [2.45, 2.75) is 25.2 Å². The van der Waals surface area contributed by atoms with Crippen LogP contribution < -0.4 is 5.32 Å². The van der Waals surface area contributed by atoms with Gasteiger partial charge in [-0.3, -0.25) is 9.59 Å². The summed E-state index contributed by atoms with van der Waals surface area (Å²) in [6, 6.07) is 5.38. The summed E-state index contributed by atoms with van der Waals surface area (Å²) in [6.07, 6.45) is 1.70. The van der Waals surface area contributed by atoms with Crippen LogP contribution in [0.1, 0.15) is 30.7 Å². The van der Waals surface area contributed by atoms with Gasteiger partial charge in [0.25, 0.3) is 0 Å². The number of carbonyl (C=O) groups excluding carboxylic acids is 2. The molecule has 0 aliphatic heterocycles. The van der Waals surface area contributed by atoms with Crippen molar-refractivity contribution in [2.75, 3.05) is 13.7 Å². The Labute approximate surface area is 133 Å². The van der Waals surface area contributed by atoms with Crippen LogP contribution in [0.5, 0.6) is 0 Å². The highest BCUT2D eigenvalue weighted by molar-refractivity contribution is 6.34. The molecule has 0 aromatic heterocycles. The minimum atomic E-state index is -0.262. The van der Waals surface area contributed by atoms with Gasteiger partial charge < -0.3 is 10.1 Å². The van der Waals surface area contributed by atoms with Crippen LogP contribution >= 0.6 is 23.2 Å². The van der Waals surface area contributed by atoms with Crippen molar-refractivity contribution in [1.29, 1.82) is 0 Å². The molecule has 1 N–H and O–H groups in total. The first-order valence-electron chi connectivity index (χ1n) is 6.81. The van der Waals surface area contributed by atoms with Crippen molar-refractivity contribution in [3.05, 3.63) is 33.8 Å². The average Bonchev–Trinajstić information content (AvgIpc) is 3.22. The van der Waals surface area contributed by atoms with E-state index < -0.39 is 0 Å². The predicted molar refractivity (Wildman–Crippen MR) is 81.6 cm³/mol. The van der Waals surface area contributed by atoms with Crippen LogP contribution in [0.4, 0.5) is 0 Å². The van der Waals surface area contributed by atoms with Crippen LogP contribution in [0.3, 0.4) is 0 Å². The van der Waals surface area contributed by atoms with Gasteiger partial charge in [-0.25, -0.2) is 0 Å². The normalized spacial score (nSPS) is 20.0. The van der Waals surface area contributed by atoms with E-state index in [1.54, 1.807) is 6.07 Å². The molecule has 0 heterocycles. The van der Waals surface area contributed by atoms with E-state index in [9.17, 15) is 9.59 Å². The van der Waals surface area contributed by atoms with Crippen LogP contribution in [0.15, 0.2) is 18.2 Å². The van der Waals surface area contributed by atoms with Gasteiger partial charge in [-0.2, -0.15) is 0 Å². The summed E-state index contributed by atoms with van der Waals surface area (Å²) in [5.41, 5.74) is 1.00. The second kappa shape index (κ2) is 7.14. The standard InChI is InChI=1S/C15H17Cl2NO3/c1-21-14(19)3-2-4-18-15(20)13-8-12(13)9-5-10(16)7-11(17)6-9/h5-7,12-13H,2-4,8H2,1H3,(H,18,20)/t12-,13+/m1/s1. The van der Waals surface area contributed by atoms with Gasteiger partial charge in [0, 0.05) is 28.9 Å². The first-order chi connectivity index (χ1) is 10.0. The van der Waals surface area contributed by atoms with Crippen molar-refractivity contribution >= 4 is 35.1 Å². The predicted octanol–water partition coefficient (Wildman–Crippen LogP) is 3.17. The van der Waals surface area contributed by atoms with Crippen molar-refractivity contribution in [3.8, 4) is 0 Å². The molecule has 1 aliphatic carbocycles. The van der Waals surface area contributed by atoms with Crippen LogP contribution in [0.25, 0.3) is 0 Å². The summed E-state index contributed by atoms with van der Waals surface area (Å²) in [4.78, 5) is 22.9. The number of methoxy groups -OCH3 is 1. The number of rotatable bonds is 6. The van der Waals surface area contributed by atoms with E-state index in [2.05, 4.69) is 10.1 Å². The summed E-state index contributed by atoms with van der Waals surface area (Å²) in [5.74, 6) is -0.0949. The first-order valence-corrected chi connectivity index (χ1v) is 7.57. The quantitative estimate of drug-likeness (QED) is 0.644. The topological polar surface area (TPSA) is 55.4 Å². The van der Waals surface area contributed by atoms with Gasteiger partial charge in [-0.05, 0) is 42.5 Å². The molecule has 21 heavy (non-hydrogen) atoms. The molecule has 0 spiro atoms. The lowest BCUT2D eigenvalue weighted by molar-refractivity contribution is -0.140. The number of amides is 1. The maximum atomic E-state index is 12.0. The van der Waals surface area contributed by atoms with Gasteiger partial charge in [0.05, 0.1) is 7.11 Å². The molecule has 1 aromatic carbocycles. The van der Waals surface area contributed by atoms with E-state index in [0.717, 1.165) is 12.0 Å². The third kappa shape index (κ3) is 4.61. The molecule has 1 aromatic rings. The summed E-state index contributed by atoms with van der Waals surface area (Å²) in [6.45, 7) is 0.480. The Hall–Kier alpha value is -1.26. The highest BCUT2D eigenvalue weighted by Gasteiger charge is 2.43. The van der Waals surface area contributed by atoms with Gasteiger partial charge in [-0.1, -0.05) is 23.2 Å². The fourth-order valence-electron chi connectivity index (χ4n) is 2.32. The number of hydrogen-bond acceptors (Lipinski definition) is 3. The number of halogens is 2. The molecule has 1 fully saturated rings. The molecular weight excluding hydrogens is 313 g/mol. The first kappa shape index (κ1) is 16.1. The summed E-state index contributed by atoms with van der Waals surface area (Å²) in [7, 11) is 1.35. The molecule has 4 nitrogen and oxygen atoms in total. The van der Waals surface area contributed by atoms with Gasteiger partial charge in [0.15, 0.2) is 0 Å². The van der Waals surface area contributed by atoms with Gasteiger partial charge >= 0.3 is 5.97 Å². The zero-order chi connectivity index (χ0) is 15.4. The van der Waals surface area contributed by atoms with E-state index in [-0.39, 0.29) is 23.7 Å². The molecule has 2 rings (SSSR count). The van der Waals surface area contributed by atoms with Gasteiger partial charge in [0.2, 0.25) is 5.91 Å². The van der Waals surface area contributed by atoms with Gasteiger partial charge in [0.1, 0.15) is 0 Å². The molecule has 1 saturated carbocycles. The minimum absolute atomic E-state index is 0.0148.